The summed E-state index contributed by atoms with van der Waals surface area (Å²) in [6, 6.07) is -1.83. The van der Waals surface area contributed by atoms with E-state index in [1.54, 1.807) is 6.92 Å². The molecular formula is C7H12F3NO. The zero-order valence-corrected chi connectivity index (χ0v) is 6.77. The van der Waals surface area contributed by atoms with Gasteiger partial charge in [0, 0.05) is 0 Å². The van der Waals surface area contributed by atoms with Crippen LogP contribution in [-0.4, -0.2) is 24.4 Å². The highest BCUT2D eigenvalue weighted by Crippen LogP contribution is 2.29. The van der Waals surface area contributed by atoms with Crippen molar-refractivity contribution in [3.63, 3.8) is 0 Å². The second-order valence-electron chi connectivity index (χ2n) is 3.13. The summed E-state index contributed by atoms with van der Waals surface area (Å²) in [4.78, 5) is 0. The molecule has 0 bridgehead atoms. The van der Waals surface area contributed by atoms with E-state index in [9.17, 15) is 13.2 Å². The summed E-state index contributed by atoms with van der Waals surface area (Å²) >= 11 is 0. The molecule has 1 fully saturated rings. The molecule has 0 spiro atoms. The smallest absolute Gasteiger partial charge is 0.373 e. The van der Waals surface area contributed by atoms with Crippen molar-refractivity contribution < 1.29 is 17.9 Å². The molecule has 1 aliphatic heterocycles. The maximum absolute atomic E-state index is 12.0. The molecule has 0 aromatic carbocycles. The molecule has 0 aromatic rings. The molecule has 1 aliphatic rings. The van der Waals surface area contributed by atoms with E-state index < -0.39 is 18.3 Å². The van der Waals surface area contributed by atoms with Gasteiger partial charge >= 0.3 is 6.18 Å². The largest absolute Gasteiger partial charge is 0.406 e. The van der Waals surface area contributed by atoms with Gasteiger partial charge in [-0.1, -0.05) is 0 Å². The first kappa shape index (κ1) is 9.80. The van der Waals surface area contributed by atoms with Gasteiger partial charge in [-0.15, -0.1) is 0 Å². The minimum absolute atomic E-state index is 0.0941. The van der Waals surface area contributed by atoms with Crippen LogP contribution in [0.15, 0.2) is 0 Å². The monoisotopic (exact) mass is 183 g/mol. The average Bonchev–Trinajstić information content (AvgIpc) is 2.32. The molecule has 72 valence electrons. The second kappa shape index (κ2) is 3.22. The van der Waals surface area contributed by atoms with Crippen molar-refractivity contribution in [2.75, 3.05) is 0 Å². The number of rotatable bonds is 1. The molecule has 12 heavy (non-hydrogen) atoms. The molecule has 2 nitrogen and oxygen atoms in total. The highest BCUT2D eigenvalue weighted by Gasteiger charge is 2.44. The highest BCUT2D eigenvalue weighted by atomic mass is 19.4. The summed E-state index contributed by atoms with van der Waals surface area (Å²) < 4.78 is 41.1. The first-order valence-corrected chi connectivity index (χ1v) is 3.89. The SMILES string of the molecule is CC1CCC(C(N)C(F)(F)F)O1. The van der Waals surface area contributed by atoms with Crippen molar-refractivity contribution in [3.8, 4) is 0 Å². The first-order chi connectivity index (χ1) is 5.41. The van der Waals surface area contributed by atoms with E-state index in [1.807, 2.05) is 0 Å². The van der Waals surface area contributed by atoms with Crippen molar-refractivity contribution in [1.82, 2.24) is 0 Å². The number of nitrogens with two attached hydrogens (primary N) is 1. The Morgan fingerprint density at radius 2 is 2.00 bits per heavy atom. The quantitative estimate of drug-likeness (QED) is 0.667. The van der Waals surface area contributed by atoms with Crippen molar-refractivity contribution in [1.29, 1.82) is 0 Å². The minimum atomic E-state index is -4.34. The third kappa shape index (κ3) is 2.10. The van der Waals surface area contributed by atoms with E-state index in [0.29, 0.717) is 12.8 Å². The lowest BCUT2D eigenvalue weighted by Crippen LogP contribution is -2.46. The van der Waals surface area contributed by atoms with Crippen LogP contribution in [0.5, 0.6) is 0 Å². The Kier molecular flexibility index (Phi) is 2.63. The van der Waals surface area contributed by atoms with Gasteiger partial charge in [0.25, 0.3) is 0 Å². The minimum Gasteiger partial charge on any atom is -0.373 e. The van der Waals surface area contributed by atoms with Gasteiger partial charge in [-0.25, -0.2) is 0 Å². The van der Waals surface area contributed by atoms with Crippen molar-refractivity contribution in [2.45, 2.75) is 44.2 Å². The summed E-state index contributed by atoms with van der Waals surface area (Å²) in [6.07, 6.45) is -4.21. The van der Waals surface area contributed by atoms with Gasteiger partial charge in [0.1, 0.15) is 6.04 Å². The zero-order valence-electron chi connectivity index (χ0n) is 6.77. The van der Waals surface area contributed by atoms with Crippen LogP contribution < -0.4 is 5.73 Å². The first-order valence-electron chi connectivity index (χ1n) is 3.89. The number of hydrogen-bond donors (Lipinski definition) is 1. The van der Waals surface area contributed by atoms with Gasteiger partial charge < -0.3 is 10.5 Å². The summed E-state index contributed by atoms with van der Waals surface area (Å²) in [6.45, 7) is 1.75. The normalized spacial score (nSPS) is 33.8. The van der Waals surface area contributed by atoms with Crippen molar-refractivity contribution in [3.05, 3.63) is 0 Å². The van der Waals surface area contributed by atoms with Crippen molar-refractivity contribution in [2.24, 2.45) is 5.73 Å². The Morgan fingerprint density at radius 3 is 2.33 bits per heavy atom. The van der Waals surface area contributed by atoms with E-state index in [0.717, 1.165) is 0 Å². The number of halogens is 3. The number of ether oxygens (including phenoxy) is 1. The fourth-order valence-corrected chi connectivity index (χ4v) is 1.31. The maximum atomic E-state index is 12.0. The molecule has 0 radical (unpaired) electrons. The summed E-state index contributed by atoms with van der Waals surface area (Å²) in [5, 5.41) is 0. The van der Waals surface area contributed by atoms with Gasteiger partial charge in [-0.3, -0.25) is 0 Å². The van der Waals surface area contributed by atoms with Crippen LogP contribution in [-0.2, 0) is 4.74 Å². The fourth-order valence-electron chi connectivity index (χ4n) is 1.31. The van der Waals surface area contributed by atoms with Crippen LogP contribution in [0.4, 0.5) is 13.2 Å². The molecule has 1 heterocycles. The van der Waals surface area contributed by atoms with Crippen LogP contribution in [0.25, 0.3) is 0 Å². The average molecular weight is 183 g/mol. The molecule has 1 rings (SSSR count). The predicted molar refractivity (Wildman–Crippen MR) is 37.6 cm³/mol. The van der Waals surface area contributed by atoms with Gasteiger partial charge in [-0.05, 0) is 19.8 Å². The maximum Gasteiger partial charge on any atom is 0.406 e. The second-order valence-corrected chi connectivity index (χ2v) is 3.13. The highest BCUT2D eigenvalue weighted by molar-refractivity contribution is 4.85. The Morgan fingerprint density at radius 1 is 1.42 bits per heavy atom. The fraction of sp³-hybridized carbons (Fsp3) is 1.00. The molecule has 0 amide bonds. The Balaban J connectivity index is 2.48. The lowest BCUT2D eigenvalue weighted by molar-refractivity contribution is -0.173. The van der Waals surface area contributed by atoms with Crippen LogP contribution in [0, 0.1) is 0 Å². The van der Waals surface area contributed by atoms with Crippen LogP contribution >= 0.6 is 0 Å². The van der Waals surface area contributed by atoms with Gasteiger partial charge in [0.05, 0.1) is 12.2 Å². The number of alkyl halides is 3. The molecule has 5 heteroatoms. The van der Waals surface area contributed by atoms with Gasteiger partial charge in [0.2, 0.25) is 0 Å². The molecule has 2 N–H and O–H groups in total. The molecule has 0 aromatic heterocycles. The van der Waals surface area contributed by atoms with E-state index in [1.165, 1.54) is 0 Å². The molecule has 0 saturated carbocycles. The van der Waals surface area contributed by atoms with E-state index in [4.69, 9.17) is 10.5 Å². The van der Waals surface area contributed by atoms with E-state index in [2.05, 4.69) is 0 Å². The van der Waals surface area contributed by atoms with E-state index in [-0.39, 0.29) is 6.10 Å². The summed E-state index contributed by atoms with van der Waals surface area (Å²) in [5.41, 5.74) is 4.97. The zero-order chi connectivity index (χ0) is 9.35. The topological polar surface area (TPSA) is 35.2 Å². The standard InChI is InChI=1S/C7H12F3NO/c1-4-2-3-5(12-4)6(11)7(8,9)10/h4-6H,2-3,11H2,1H3. The predicted octanol–water partition coefficient (Wildman–Crippen LogP) is 1.44. The van der Waals surface area contributed by atoms with Crippen molar-refractivity contribution >= 4 is 0 Å². The summed E-state index contributed by atoms with van der Waals surface area (Å²) in [7, 11) is 0. The molecule has 3 atom stereocenters. The molecule has 0 aliphatic carbocycles. The molecular weight excluding hydrogens is 171 g/mol. The lowest BCUT2D eigenvalue weighted by atomic mass is 10.1. The Labute approximate surface area is 68.9 Å². The van der Waals surface area contributed by atoms with Gasteiger partial charge in [-0.2, -0.15) is 13.2 Å². The Hall–Kier alpha value is -0.290. The summed E-state index contributed by atoms with van der Waals surface area (Å²) in [5.74, 6) is 0. The van der Waals surface area contributed by atoms with Crippen LogP contribution in [0.1, 0.15) is 19.8 Å². The molecule has 3 unspecified atom stereocenters. The number of hydrogen-bond acceptors (Lipinski definition) is 2. The van der Waals surface area contributed by atoms with Gasteiger partial charge in [0.15, 0.2) is 0 Å². The third-order valence-corrected chi connectivity index (χ3v) is 2.04. The van der Waals surface area contributed by atoms with Crippen LogP contribution in [0.3, 0.4) is 0 Å². The Bertz CT molecular complexity index is 159. The lowest BCUT2D eigenvalue weighted by Gasteiger charge is -2.21. The molecule has 1 saturated heterocycles. The van der Waals surface area contributed by atoms with E-state index >= 15 is 0 Å². The van der Waals surface area contributed by atoms with Crippen LogP contribution in [0.2, 0.25) is 0 Å². The third-order valence-electron chi connectivity index (χ3n) is 2.04.